The van der Waals surface area contributed by atoms with Crippen LogP contribution in [0.5, 0.6) is 0 Å². The molecule has 0 aliphatic heterocycles. The van der Waals surface area contributed by atoms with Crippen LogP contribution in [0.25, 0.3) is 0 Å². The number of aryl methyl sites for hydroxylation is 1. The largest absolute Gasteiger partial charge is 0.463 e. The van der Waals surface area contributed by atoms with Gasteiger partial charge < -0.3 is 10.2 Å². The molecule has 2 N–H and O–H groups in total. The summed E-state index contributed by atoms with van der Waals surface area (Å²) in [5.74, 6) is 1.89. The summed E-state index contributed by atoms with van der Waals surface area (Å²) in [5.41, 5.74) is 6.73. The highest BCUT2D eigenvalue weighted by molar-refractivity contribution is 5.19. The zero-order valence-corrected chi connectivity index (χ0v) is 10.3. The van der Waals surface area contributed by atoms with E-state index in [1.807, 2.05) is 13.0 Å². The molecule has 3 nitrogen and oxygen atoms in total. The van der Waals surface area contributed by atoms with Gasteiger partial charge in [-0.25, -0.2) is 0 Å². The summed E-state index contributed by atoms with van der Waals surface area (Å²) in [6.45, 7) is 11.2. The van der Waals surface area contributed by atoms with E-state index in [1.165, 1.54) is 0 Å². The van der Waals surface area contributed by atoms with Gasteiger partial charge in [0.1, 0.15) is 11.5 Å². The Bertz CT molecular complexity index is 331. The molecule has 0 aliphatic rings. The van der Waals surface area contributed by atoms with Gasteiger partial charge in [-0.1, -0.05) is 13.0 Å². The van der Waals surface area contributed by atoms with Crippen molar-refractivity contribution in [3.8, 4) is 0 Å². The Hall–Kier alpha value is -1.06. The van der Waals surface area contributed by atoms with Crippen LogP contribution in [0.1, 0.15) is 30.4 Å². The quantitative estimate of drug-likeness (QED) is 0.721. The highest BCUT2D eigenvalue weighted by atomic mass is 16.3. The van der Waals surface area contributed by atoms with Crippen molar-refractivity contribution in [2.75, 3.05) is 13.1 Å². The van der Waals surface area contributed by atoms with E-state index < -0.39 is 0 Å². The molecule has 1 aromatic heterocycles. The lowest BCUT2D eigenvalue weighted by atomic mass is 10.2. The van der Waals surface area contributed by atoms with Gasteiger partial charge >= 0.3 is 0 Å². The molecule has 16 heavy (non-hydrogen) atoms. The number of hydrogen-bond acceptors (Lipinski definition) is 3. The number of hydrogen-bond donors (Lipinski definition) is 1. The Morgan fingerprint density at radius 1 is 1.56 bits per heavy atom. The van der Waals surface area contributed by atoms with Crippen molar-refractivity contribution >= 4 is 0 Å². The molecule has 0 amide bonds. The highest BCUT2D eigenvalue weighted by Gasteiger charge is 2.09. The van der Waals surface area contributed by atoms with Crippen LogP contribution in [0.2, 0.25) is 0 Å². The molecule has 1 heterocycles. The molecule has 0 radical (unpaired) electrons. The first-order valence-electron chi connectivity index (χ1n) is 5.82. The van der Waals surface area contributed by atoms with Gasteiger partial charge in [0, 0.05) is 6.54 Å². The van der Waals surface area contributed by atoms with Crippen LogP contribution in [0.3, 0.4) is 0 Å². The predicted octanol–water partition coefficient (Wildman–Crippen LogP) is 2.44. The Balaban J connectivity index is 2.64. The minimum atomic E-state index is 0.473. The zero-order valence-electron chi connectivity index (χ0n) is 10.3. The summed E-state index contributed by atoms with van der Waals surface area (Å²) in [4.78, 5) is 2.31. The molecule has 90 valence electrons. The van der Waals surface area contributed by atoms with Crippen molar-refractivity contribution in [3.05, 3.63) is 35.8 Å². The first-order valence-corrected chi connectivity index (χ1v) is 5.82. The third kappa shape index (κ3) is 3.51. The summed E-state index contributed by atoms with van der Waals surface area (Å²) in [6, 6.07) is 2.08. The van der Waals surface area contributed by atoms with Gasteiger partial charge in [-0.2, -0.15) is 0 Å². The van der Waals surface area contributed by atoms with Crippen LogP contribution in [0.4, 0.5) is 0 Å². The molecule has 0 unspecified atom stereocenters. The molecule has 0 aliphatic carbocycles. The summed E-state index contributed by atoms with van der Waals surface area (Å²) in [5, 5.41) is 0. The summed E-state index contributed by atoms with van der Waals surface area (Å²) in [6.07, 6.45) is 3.06. The molecule has 0 bridgehead atoms. The molecule has 0 atom stereocenters. The van der Waals surface area contributed by atoms with Gasteiger partial charge in [-0.05, 0) is 31.5 Å². The Kier molecular flexibility index (Phi) is 5.29. The standard InChI is InChI=1S/C13H22N2O/c1-4-6-15(7-5-2)10-12-8-11(3)13(9-14)16-12/h4,8H,1,5-7,9-10,14H2,2-3H3. The second kappa shape index (κ2) is 6.51. The summed E-state index contributed by atoms with van der Waals surface area (Å²) in [7, 11) is 0. The molecule has 3 heteroatoms. The maximum Gasteiger partial charge on any atom is 0.120 e. The van der Waals surface area contributed by atoms with Crippen molar-refractivity contribution < 1.29 is 4.42 Å². The number of nitrogens with zero attached hydrogens (tertiary/aromatic N) is 1. The number of nitrogens with two attached hydrogens (primary N) is 1. The Labute approximate surface area is 97.9 Å². The normalized spacial score (nSPS) is 11.0. The topological polar surface area (TPSA) is 42.4 Å². The fourth-order valence-corrected chi connectivity index (χ4v) is 1.82. The van der Waals surface area contributed by atoms with Crippen molar-refractivity contribution in [1.82, 2.24) is 4.90 Å². The van der Waals surface area contributed by atoms with Gasteiger partial charge in [0.25, 0.3) is 0 Å². The number of rotatable bonds is 7. The first-order chi connectivity index (χ1) is 7.71. The monoisotopic (exact) mass is 222 g/mol. The third-order valence-electron chi connectivity index (χ3n) is 2.56. The van der Waals surface area contributed by atoms with Crippen LogP contribution in [-0.2, 0) is 13.1 Å². The summed E-state index contributed by atoms with van der Waals surface area (Å²) >= 11 is 0. The fourth-order valence-electron chi connectivity index (χ4n) is 1.82. The van der Waals surface area contributed by atoms with E-state index in [2.05, 4.69) is 24.5 Å². The third-order valence-corrected chi connectivity index (χ3v) is 2.56. The van der Waals surface area contributed by atoms with Crippen LogP contribution in [0.15, 0.2) is 23.1 Å². The second-order valence-electron chi connectivity index (χ2n) is 4.05. The molecule has 0 saturated carbocycles. The molecule has 1 aromatic rings. The molecule has 1 rings (SSSR count). The summed E-state index contributed by atoms with van der Waals surface area (Å²) < 4.78 is 5.69. The van der Waals surface area contributed by atoms with Crippen molar-refractivity contribution in [2.24, 2.45) is 5.73 Å². The Morgan fingerprint density at radius 3 is 2.81 bits per heavy atom. The van der Waals surface area contributed by atoms with Crippen LogP contribution < -0.4 is 5.73 Å². The van der Waals surface area contributed by atoms with Gasteiger partial charge in [0.2, 0.25) is 0 Å². The lowest BCUT2D eigenvalue weighted by molar-refractivity contribution is 0.265. The smallest absolute Gasteiger partial charge is 0.120 e. The van der Waals surface area contributed by atoms with Gasteiger partial charge in [0.15, 0.2) is 0 Å². The fraction of sp³-hybridized carbons (Fsp3) is 0.538. The van der Waals surface area contributed by atoms with E-state index in [0.29, 0.717) is 6.54 Å². The average molecular weight is 222 g/mol. The predicted molar refractivity (Wildman–Crippen MR) is 67.1 cm³/mol. The van der Waals surface area contributed by atoms with Crippen molar-refractivity contribution in [3.63, 3.8) is 0 Å². The Morgan fingerprint density at radius 2 is 2.31 bits per heavy atom. The lowest BCUT2D eigenvalue weighted by Gasteiger charge is -2.17. The van der Waals surface area contributed by atoms with Crippen molar-refractivity contribution in [1.29, 1.82) is 0 Å². The van der Waals surface area contributed by atoms with Crippen LogP contribution >= 0.6 is 0 Å². The molecule has 0 fully saturated rings. The van der Waals surface area contributed by atoms with E-state index in [9.17, 15) is 0 Å². The molecular weight excluding hydrogens is 200 g/mol. The minimum Gasteiger partial charge on any atom is -0.463 e. The molecule has 0 spiro atoms. The van der Waals surface area contributed by atoms with E-state index in [1.54, 1.807) is 0 Å². The average Bonchev–Trinajstić information content (AvgIpc) is 2.59. The second-order valence-corrected chi connectivity index (χ2v) is 4.05. The first kappa shape index (κ1) is 13.0. The van der Waals surface area contributed by atoms with E-state index in [-0.39, 0.29) is 0 Å². The highest BCUT2D eigenvalue weighted by Crippen LogP contribution is 2.15. The molecular formula is C13H22N2O. The zero-order chi connectivity index (χ0) is 12.0. The van der Waals surface area contributed by atoms with E-state index >= 15 is 0 Å². The van der Waals surface area contributed by atoms with E-state index in [0.717, 1.165) is 43.1 Å². The van der Waals surface area contributed by atoms with Gasteiger partial charge in [-0.3, -0.25) is 4.90 Å². The maximum atomic E-state index is 5.69. The minimum absolute atomic E-state index is 0.473. The number of furan rings is 1. The lowest BCUT2D eigenvalue weighted by Crippen LogP contribution is -2.23. The van der Waals surface area contributed by atoms with Gasteiger partial charge in [0.05, 0.1) is 13.1 Å². The van der Waals surface area contributed by atoms with Crippen molar-refractivity contribution in [2.45, 2.75) is 33.4 Å². The maximum absolute atomic E-state index is 5.69. The van der Waals surface area contributed by atoms with Crippen LogP contribution in [0, 0.1) is 6.92 Å². The molecule has 0 aromatic carbocycles. The molecule has 0 saturated heterocycles. The SMILES string of the molecule is C=CCN(CCC)Cc1cc(C)c(CN)o1. The van der Waals surface area contributed by atoms with Crippen LogP contribution in [-0.4, -0.2) is 18.0 Å². The van der Waals surface area contributed by atoms with Gasteiger partial charge in [-0.15, -0.1) is 6.58 Å². The van der Waals surface area contributed by atoms with E-state index in [4.69, 9.17) is 10.2 Å².